The Morgan fingerprint density at radius 1 is 1.26 bits per heavy atom. The molecule has 1 aromatic carbocycles. The fraction of sp³-hybridized carbons (Fsp3) is 0.400. The topological polar surface area (TPSA) is 56.3 Å². The Hall–Kier alpha value is -1.81. The van der Waals surface area contributed by atoms with Gasteiger partial charge in [-0.05, 0) is 56.6 Å². The van der Waals surface area contributed by atoms with E-state index in [1.165, 1.54) is 6.07 Å². The van der Waals surface area contributed by atoms with E-state index in [-0.39, 0.29) is 11.3 Å². The highest BCUT2D eigenvalue weighted by atomic mass is 16.3. The van der Waals surface area contributed by atoms with Crippen LogP contribution in [-0.4, -0.2) is 35.1 Å². The molecule has 0 aliphatic carbocycles. The van der Waals surface area contributed by atoms with Crippen LogP contribution in [0, 0.1) is 0 Å². The van der Waals surface area contributed by atoms with Crippen molar-refractivity contribution in [3.8, 4) is 5.75 Å². The number of hydrogen-bond donors (Lipinski definition) is 2. The van der Waals surface area contributed by atoms with Crippen molar-refractivity contribution in [3.63, 3.8) is 0 Å². The van der Waals surface area contributed by atoms with Crippen molar-refractivity contribution in [3.05, 3.63) is 40.3 Å². The van der Waals surface area contributed by atoms with Crippen molar-refractivity contribution in [2.24, 2.45) is 0 Å². The lowest BCUT2D eigenvalue weighted by molar-refractivity contribution is 0.253. The molecule has 2 heterocycles. The molecule has 1 aliphatic heterocycles. The van der Waals surface area contributed by atoms with Crippen LogP contribution in [0.1, 0.15) is 24.5 Å². The molecule has 1 saturated heterocycles. The second-order valence-electron chi connectivity index (χ2n) is 5.40. The molecular formula is C15H18N2O2. The molecule has 0 amide bonds. The molecule has 0 radical (unpaired) electrons. The molecule has 0 unspecified atom stereocenters. The summed E-state index contributed by atoms with van der Waals surface area (Å²) in [5.74, 6) is 0.562. The van der Waals surface area contributed by atoms with Gasteiger partial charge >= 0.3 is 0 Å². The second-order valence-corrected chi connectivity index (χ2v) is 5.40. The van der Waals surface area contributed by atoms with Crippen LogP contribution in [-0.2, 0) is 0 Å². The summed E-state index contributed by atoms with van der Waals surface area (Å²) in [5, 5.41) is 10.9. The minimum Gasteiger partial charge on any atom is -0.508 e. The van der Waals surface area contributed by atoms with Gasteiger partial charge in [0.2, 0.25) is 0 Å². The molecule has 1 aliphatic rings. The van der Waals surface area contributed by atoms with Gasteiger partial charge in [-0.15, -0.1) is 0 Å². The van der Waals surface area contributed by atoms with Gasteiger partial charge in [0.05, 0.1) is 5.39 Å². The van der Waals surface area contributed by atoms with Gasteiger partial charge in [0.1, 0.15) is 5.75 Å². The number of benzene rings is 1. The van der Waals surface area contributed by atoms with Crippen molar-refractivity contribution in [2.75, 3.05) is 20.1 Å². The number of aromatic amines is 1. The first-order chi connectivity index (χ1) is 9.13. The Bertz CT molecular complexity index is 655. The first-order valence-corrected chi connectivity index (χ1v) is 6.68. The maximum atomic E-state index is 12.1. The van der Waals surface area contributed by atoms with Crippen LogP contribution in [0.5, 0.6) is 5.75 Å². The van der Waals surface area contributed by atoms with Gasteiger partial charge in [0, 0.05) is 11.6 Å². The number of pyridine rings is 1. The predicted octanol–water partition coefficient (Wildman–Crippen LogP) is 2.04. The fourth-order valence-electron chi connectivity index (χ4n) is 2.81. The highest BCUT2D eigenvalue weighted by Crippen LogP contribution is 2.27. The van der Waals surface area contributed by atoms with Crippen LogP contribution in [0.3, 0.4) is 0 Å². The highest BCUT2D eigenvalue weighted by molar-refractivity contribution is 5.83. The Morgan fingerprint density at radius 3 is 2.74 bits per heavy atom. The number of phenolic OH excluding ortho intramolecular Hbond substituents is 1. The molecule has 0 bridgehead atoms. The van der Waals surface area contributed by atoms with E-state index < -0.39 is 0 Å². The van der Waals surface area contributed by atoms with Crippen LogP contribution in [0.25, 0.3) is 10.8 Å². The molecule has 0 atom stereocenters. The Labute approximate surface area is 111 Å². The number of nitrogens with zero attached hydrogens (tertiary/aromatic N) is 1. The third-order valence-corrected chi connectivity index (χ3v) is 4.01. The number of hydrogen-bond acceptors (Lipinski definition) is 3. The van der Waals surface area contributed by atoms with E-state index in [1.54, 1.807) is 12.1 Å². The lowest BCUT2D eigenvalue weighted by Crippen LogP contribution is -2.30. The maximum Gasteiger partial charge on any atom is 0.256 e. The van der Waals surface area contributed by atoms with Crippen molar-refractivity contribution >= 4 is 10.8 Å². The zero-order valence-electron chi connectivity index (χ0n) is 11.0. The summed E-state index contributed by atoms with van der Waals surface area (Å²) in [7, 11) is 2.13. The lowest BCUT2D eigenvalue weighted by atomic mass is 9.92. The first-order valence-electron chi connectivity index (χ1n) is 6.68. The number of rotatable bonds is 1. The zero-order chi connectivity index (χ0) is 13.4. The number of piperidine rings is 1. The number of aromatic nitrogens is 1. The zero-order valence-corrected chi connectivity index (χ0v) is 11.0. The van der Waals surface area contributed by atoms with Crippen molar-refractivity contribution in [2.45, 2.75) is 18.8 Å². The minimum atomic E-state index is -0.109. The molecule has 2 aromatic rings. The number of likely N-dealkylation sites (tertiary alicyclic amines) is 1. The van der Waals surface area contributed by atoms with Crippen molar-refractivity contribution < 1.29 is 5.11 Å². The molecule has 0 saturated carbocycles. The van der Waals surface area contributed by atoms with Gasteiger partial charge < -0.3 is 15.0 Å². The summed E-state index contributed by atoms with van der Waals surface area (Å²) >= 11 is 0. The van der Waals surface area contributed by atoms with Crippen LogP contribution >= 0.6 is 0 Å². The molecule has 1 aromatic heterocycles. The number of H-pyrrole nitrogens is 1. The summed E-state index contributed by atoms with van der Waals surface area (Å²) < 4.78 is 0. The summed E-state index contributed by atoms with van der Waals surface area (Å²) in [6.45, 7) is 2.14. The van der Waals surface area contributed by atoms with Crippen molar-refractivity contribution in [1.29, 1.82) is 0 Å². The van der Waals surface area contributed by atoms with E-state index in [0.717, 1.165) is 37.0 Å². The van der Waals surface area contributed by atoms with Gasteiger partial charge in [-0.2, -0.15) is 0 Å². The molecule has 19 heavy (non-hydrogen) atoms. The standard InChI is InChI=1S/C15H18N2O2/c1-17-6-4-10(5-7-17)14-8-11-2-3-12(18)9-13(11)15(19)16-14/h2-3,8-10,18H,4-7H2,1H3,(H,16,19). The van der Waals surface area contributed by atoms with Crippen LogP contribution < -0.4 is 5.56 Å². The summed E-state index contributed by atoms with van der Waals surface area (Å²) in [6, 6.07) is 7.00. The largest absolute Gasteiger partial charge is 0.508 e. The summed E-state index contributed by atoms with van der Waals surface area (Å²) in [5.41, 5.74) is 0.915. The van der Waals surface area contributed by atoms with Gasteiger partial charge in [0.15, 0.2) is 0 Å². The number of fused-ring (bicyclic) bond motifs is 1. The molecule has 4 nitrogen and oxygen atoms in total. The second kappa shape index (κ2) is 4.70. The monoisotopic (exact) mass is 258 g/mol. The first kappa shape index (κ1) is 12.2. The number of phenols is 1. The fourth-order valence-corrected chi connectivity index (χ4v) is 2.81. The smallest absolute Gasteiger partial charge is 0.256 e. The maximum absolute atomic E-state index is 12.1. The van der Waals surface area contributed by atoms with Gasteiger partial charge in [0.25, 0.3) is 5.56 Å². The lowest BCUT2D eigenvalue weighted by Gasteiger charge is -2.28. The quantitative estimate of drug-likeness (QED) is 0.823. The van der Waals surface area contributed by atoms with E-state index in [2.05, 4.69) is 16.9 Å². The van der Waals surface area contributed by atoms with E-state index in [1.807, 2.05) is 6.07 Å². The number of nitrogens with one attached hydrogen (secondary N) is 1. The molecule has 1 fully saturated rings. The van der Waals surface area contributed by atoms with Crippen LogP contribution in [0.2, 0.25) is 0 Å². The van der Waals surface area contributed by atoms with E-state index >= 15 is 0 Å². The van der Waals surface area contributed by atoms with Gasteiger partial charge in [-0.3, -0.25) is 4.79 Å². The third-order valence-electron chi connectivity index (χ3n) is 4.01. The van der Waals surface area contributed by atoms with E-state index in [0.29, 0.717) is 11.3 Å². The SMILES string of the molecule is CN1CCC(c2cc3ccc(O)cc3c(=O)[nH]2)CC1. The Morgan fingerprint density at radius 2 is 2.00 bits per heavy atom. The Kier molecular flexibility index (Phi) is 3.03. The molecule has 0 spiro atoms. The van der Waals surface area contributed by atoms with Gasteiger partial charge in [-0.1, -0.05) is 6.07 Å². The molecular weight excluding hydrogens is 240 g/mol. The Balaban J connectivity index is 2.01. The molecule has 2 N–H and O–H groups in total. The highest BCUT2D eigenvalue weighted by Gasteiger charge is 2.19. The average molecular weight is 258 g/mol. The van der Waals surface area contributed by atoms with Gasteiger partial charge in [-0.25, -0.2) is 0 Å². The third kappa shape index (κ3) is 2.36. The number of aromatic hydroxyl groups is 1. The molecule has 100 valence electrons. The van der Waals surface area contributed by atoms with Crippen LogP contribution in [0.4, 0.5) is 0 Å². The molecule has 4 heteroatoms. The van der Waals surface area contributed by atoms with Crippen LogP contribution in [0.15, 0.2) is 29.1 Å². The van der Waals surface area contributed by atoms with Crippen molar-refractivity contribution in [1.82, 2.24) is 9.88 Å². The molecule has 3 rings (SSSR count). The minimum absolute atomic E-state index is 0.109. The van der Waals surface area contributed by atoms with E-state index in [4.69, 9.17) is 0 Å². The van der Waals surface area contributed by atoms with E-state index in [9.17, 15) is 9.90 Å². The normalized spacial score (nSPS) is 17.9. The summed E-state index contributed by atoms with van der Waals surface area (Å²) in [4.78, 5) is 17.4. The average Bonchev–Trinajstić information content (AvgIpc) is 2.40. The summed E-state index contributed by atoms with van der Waals surface area (Å²) in [6.07, 6.45) is 2.16. The predicted molar refractivity (Wildman–Crippen MR) is 75.7 cm³/mol.